The Kier molecular flexibility index (Phi) is 3.06. The van der Waals surface area contributed by atoms with E-state index in [2.05, 4.69) is 34.5 Å². The molecule has 2 fully saturated rings. The van der Waals surface area contributed by atoms with E-state index in [1.54, 1.807) is 5.56 Å². The molecule has 102 valence electrons. The molecular weight excluding hydrogens is 236 g/mol. The number of likely N-dealkylation sites (tertiary alicyclic amines) is 1. The van der Waals surface area contributed by atoms with Gasteiger partial charge in [-0.05, 0) is 24.0 Å². The zero-order valence-corrected chi connectivity index (χ0v) is 11.3. The number of rotatable bonds is 2. The molecule has 3 aliphatic heterocycles. The quantitative estimate of drug-likeness (QED) is 0.874. The average Bonchev–Trinajstić information content (AvgIpc) is 2.78. The number of nitrogens with one attached hydrogen (secondary N) is 1. The van der Waals surface area contributed by atoms with Crippen LogP contribution in [-0.4, -0.2) is 43.3 Å². The highest BCUT2D eigenvalue weighted by molar-refractivity contribution is 5.33. The third-order valence-corrected chi connectivity index (χ3v) is 4.80. The van der Waals surface area contributed by atoms with Crippen molar-refractivity contribution in [2.75, 3.05) is 26.2 Å². The van der Waals surface area contributed by atoms with Gasteiger partial charge in [0.15, 0.2) is 0 Å². The molecule has 1 aromatic carbocycles. The third kappa shape index (κ3) is 2.31. The molecule has 3 heteroatoms. The summed E-state index contributed by atoms with van der Waals surface area (Å²) in [7, 11) is 0. The van der Waals surface area contributed by atoms with Gasteiger partial charge in [0.1, 0.15) is 0 Å². The first-order chi connectivity index (χ1) is 9.38. The van der Waals surface area contributed by atoms with Gasteiger partial charge in [-0.15, -0.1) is 0 Å². The lowest BCUT2D eigenvalue weighted by atomic mass is 9.90. The fraction of sp³-hybridized carbons (Fsp3) is 0.625. The molecule has 3 unspecified atom stereocenters. The lowest BCUT2D eigenvalue weighted by Gasteiger charge is -2.36. The Hall–Kier alpha value is -0.900. The van der Waals surface area contributed by atoms with Crippen LogP contribution in [0.2, 0.25) is 0 Å². The van der Waals surface area contributed by atoms with E-state index in [1.165, 1.54) is 24.9 Å². The monoisotopic (exact) mass is 258 g/mol. The molecule has 0 radical (unpaired) electrons. The number of hydrogen-bond donors (Lipinski definition) is 1. The maximum Gasteiger partial charge on any atom is 0.0707 e. The summed E-state index contributed by atoms with van der Waals surface area (Å²) < 4.78 is 5.93. The summed E-state index contributed by atoms with van der Waals surface area (Å²) in [6.07, 6.45) is 3.54. The fourth-order valence-corrected chi connectivity index (χ4v) is 3.91. The van der Waals surface area contributed by atoms with Gasteiger partial charge >= 0.3 is 0 Å². The molecule has 0 aliphatic carbocycles. The fourth-order valence-electron chi connectivity index (χ4n) is 3.91. The van der Waals surface area contributed by atoms with E-state index in [9.17, 15) is 0 Å². The van der Waals surface area contributed by atoms with Crippen LogP contribution in [0.3, 0.4) is 0 Å². The van der Waals surface area contributed by atoms with E-state index in [0.29, 0.717) is 18.1 Å². The molecule has 2 bridgehead atoms. The molecule has 0 amide bonds. The SMILES string of the molecule is c1ccc2c(c1)CNCC2CN1CC2CCC(C1)O2. The summed E-state index contributed by atoms with van der Waals surface area (Å²) in [4.78, 5) is 2.63. The molecule has 3 atom stereocenters. The van der Waals surface area contributed by atoms with Gasteiger partial charge in [0, 0.05) is 38.6 Å². The lowest BCUT2D eigenvalue weighted by molar-refractivity contribution is -0.0400. The second-order valence-corrected chi connectivity index (χ2v) is 6.20. The van der Waals surface area contributed by atoms with Gasteiger partial charge in [-0.1, -0.05) is 24.3 Å². The average molecular weight is 258 g/mol. The standard InChI is InChI=1S/C16H22N2O/c1-2-4-16-12(3-1)7-17-8-13(16)9-18-10-14-5-6-15(11-18)19-14/h1-4,13-15,17H,5-11H2. The van der Waals surface area contributed by atoms with Crippen LogP contribution >= 0.6 is 0 Å². The highest BCUT2D eigenvalue weighted by Gasteiger charge is 2.34. The Morgan fingerprint density at radius 2 is 1.95 bits per heavy atom. The molecule has 3 nitrogen and oxygen atoms in total. The molecule has 4 rings (SSSR count). The van der Waals surface area contributed by atoms with Crippen molar-refractivity contribution in [1.82, 2.24) is 10.2 Å². The molecule has 2 saturated heterocycles. The van der Waals surface area contributed by atoms with Crippen molar-refractivity contribution in [3.8, 4) is 0 Å². The zero-order chi connectivity index (χ0) is 12.7. The van der Waals surface area contributed by atoms with Crippen molar-refractivity contribution >= 4 is 0 Å². The second kappa shape index (κ2) is 4.89. The van der Waals surface area contributed by atoms with Crippen LogP contribution < -0.4 is 5.32 Å². The lowest BCUT2D eigenvalue weighted by Crippen LogP contribution is -2.46. The smallest absolute Gasteiger partial charge is 0.0707 e. The van der Waals surface area contributed by atoms with E-state index < -0.39 is 0 Å². The Morgan fingerprint density at radius 1 is 1.16 bits per heavy atom. The van der Waals surface area contributed by atoms with Gasteiger partial charge in [0.2, 0.25) is 0 Å². The van der Waals surface area contributed by atoms with Gasteiger partial charge in [0.05, 0.1) is 12.2 Å². The van der Waals surface area contributed by atoms with Crippen LogP contribution in [0, 0.1) is 0 Å². The van der Waals surface area contributed by atoms with Crippen molar-refractivity contribution in [3.63, 3.8) is 0 Å². The summed E-state index contributed by atoms with van der Waals surface area (Å²) >= 11 is 0. The molecule has 0 saturated carbocycles. The van der Waals surface area contributed by atoms with Crippen molar-refractivity contribution < 1.29 is 4.74 Å². The summed E-state index contributed by atoms with van der Waals surface area (Å²) in [5, 5.41) is 3.56. The number of benzene rings is 1. The van der Waals surface area contributed by atoms with Crippen LogP contribution in [0.15, 0.2) is 24.3 Å². The molecule has 0 spiro atoms. The normalized spacial score (nSPS) is 34.2. The Morgan fingerprint density at radius 3 is 2.79 bits per heavy atom. The van der Waals surface area contributed by atoms with Crippen molar-refractivity contribution in [2.24, 2.45) is 0 Å². The van der Waals surface area contributed by atoms with Gasteiger partial charge in [0.25, 0.3) is 0 Å². The van der Waals surface area contributed by atoms with Gasteiger partial charge in [-0.2, -0.15) is 0 Å². The minimum Gasteiger partial charge on any atom is -0.372 e. The Bertz CT molecular complexity index is 450. The van der Waals surface area contributed by atoms with E-state index in [1.807, 2.05) is 0 Å². The van der Waals surface area contributed by atoms with Crippen molar-refractivity contribution in [2.45, 2.75) is 37.5 Å². The van der Waals surface area contributed by atoms with Crippen LogP contribution in [0.1, 0.15) is 29.9 Å². The molecular formula is C16H22N2O. The number of nitrogens with zero attached hydrogens (tertiary/aromatic N) is 1. The molecule has 19 heavy (non-hydrogen) atoms. The zero-order valence-electron chi connectivity index (χ0n) is 11.3. The summed E-state index contributed by atoms with van der Waals surface area (Å²) in [6, 6.07) is 8.91. The topological polar surface area (TPSA) is 24.5 Å². The first-order valence-electron chi connectivity index (χ1n) is 7.55. The van der Waals surface area contributed by atoms with Crippen molar-refractivity contribution in [1.29, 1.82) is 0 Å². The number of fused-ring (bicyclic) bond motifs is 3. The minimum atomic E-state index is 0.505. The predicted octanol–water partition coefficient (Wildman–Crippen LogP) is 1.74. The minimum absolute atomic E-state index is 0.505. The van der Waals surface area contributed by atoms with Crippen LogP contribution in [0.25, 0.3) is 0 Å². The first kappa shape index (κ1) is 11.9. The molecule has 1 N–H and O–H groups in total. The third-order valence-electron chi connectivity index (χ3n) is 4.80. The summed E-state index contributed by atoms with van der Waals surface area (Å²) in [5.74, 6) is 0.641. The Labute approximate surface area is 114 Å². The van der Waals surface area contributed by atoms with Crippen molar-refractivity contribution in [3.05, 3.63) is 35.4 Å². The second-order valence-electron chi connectivity index (χ2n) is 6.20. The van der Waals surface area contributed by atoms with Crippen LogP contribution in [-0.2, 0) is 11.3 Å². The first-order valence-corrected chi connectivity index (χ1v) is 7.55. The number of morpholine rings is 1. The molecule has 1 aromatic rings. The molecule has 3 aliphatic rings. The van der Waals surface area contributed by atoms with Gasteiger partial charge < -0.3 is 10.1 Å². The Balaban J connectivity index is 1.49. The maximum atomic E-state index is 5.93. The van der Waals surface area contributed by atoms with Gasteiger partial charge in [-0.25, -0.2) is 0 Å². The maximum absolute atomic E-state index is 5.93. The molecule has 3 heterocycles. The van der Waals surface area contributed by atoms with E-state index in [4.69, 9.17) is 4.74 Å². The number of ether oxygens (including phenoxy) is 1. The van der Waals surface area contributed by atoms with E-state index in [0.717, 1.165) is 26.2 Å². The molecule has 0 aromatic heterocycles. The largest absolute Gasteiger partial charge is 0.372 e. The van der Waals surface area contributed by atoms with Crippen LogP contribution in [0.4, 0.5) is 0 Å². The highest BCUT2D eigenvalue weighted by atomic mass is 16.5. The summed E-state index contributed by atoms with van der Waals surface area (Å²) in [6.45, 7) is 5.59. The van der Waals surface area contributed by atoms with E-state index in [-0.39, 0.29) is 0 Å². The van der Waals surface area contributed by atoms with E-state index >= 15 is 0 Å². The van der Waals surface area contributed by atoms with Gasteiger partial charge in [-0.3, -0.25) is 4.90 Å². The highest BCUT2D eigenvalue weighted by Crippen LogP contribution is 2.29. The number of hydrogen-bond acceptors (Lipinski definition) is 3. The van der Waals surface area contributed by atoms with Crippen LogP contribution in [0.5, 0.6) is 0 Å². The summed E-state index contributed by atoms with van der Waals surface area (Å²) in [5.41, 5.74) is 3.04. The predicted molar refractivity (Wildman–Crippen MR) is 75.2 cm³/mol.